The molecule has 0 amide bonds. The van der Waals surface area contributed by atoms with Crippen LogP contribution in [0.2, 0.25) is 0 Å². The van der Waals surface area contributed by atoms with E-state index in [9.17, 15) is 0 Å². The third kappa shape index (κ3) is 1.55. The molecular weight excluding hydrogens is 138 g/mol. The molecule has 0 aliphatic carbocycles. The lowest BCUT2D eigenvalue weighted by Crippen LogP contribution is -1.85. The van der Waals surface area contributed by atoms with Crippen molar-refractivity contribution < 1.29 is 0 Å². The summed E-state index contributed by atoms with van der Waals surface area (Å²) in [5, 5.41) is 3.97. The molecule has 0 unspecified atom stereocenters. The summed E-state index contributed by atoms with van der Waals surface area (Å²) in [4.78, 5) is 4.04. The largest absolute Gasteiger partial charge is 0.237 e. The normalized spacial score (nSPS) is 8.91. The van der Waals surface area contributed by atoms with Crippen LogP contribution in [-0.2, 0) is 0 Å². The molecule has 0 aliphatic rings. The van der Waals surface area contributed by atoms with Gasteiger partial charge < -0.3 is 0 Å². The van der Waals surface area contributed by atoms with E-state index >= 15 is 0 Å². The molecule has 0 aliphatic heterocycles. The lowest BCUT2D eigenvalue weighted by atomic mass is 10.6. The van der Waals surface area contributed by atoms with Crippen LogP contribution in [0.4, 0.5) is 0 Å². The van der Waals surface area contributed by atoms with E-state index in [1.54, 1.807) is 16.9 Å². The minimum atomic E-state index is 0.887. The zero-order valence-electron chi connectivity index (χ0n) is 6.73. The average molecular weight is 149 g/mol. The van der Waals surface area contributed by atoms with Crippen molar-refractivity contribution in [2.75, 3.05) is 0 Å². The summed E-state index contributed by atoms with van der Waals surface area (Å²) in [6.45, 7) is 4.00. The molecule has 0 saturated heterocycles. The van der Waals surface area contributed by atoms with Gasteiger partial charge in [-0.2, -0.15) is 5.10 Å². The van der Waals surface area contributed by atoms with Gasteiger partial charge >= 0.3 is 0 Å². The van der Waals surface area contributed by atoms with Crippen LogP contribution in [0.25, 0.3) is 5.65 Å². The Balaban J connectivity index is 0.000000281. The van der Waals surface area contributed by atoms with Gasteiger partial charge in [-0.3, -0.25) is 0 Å². The summed E-state index contributed by atoms with van der Waals surface area (Å²) in [5.41, 5.74) is 0.887. The van der Waals surface area contributed by atoms with Gasteiger partial charge in [-0.1, -0.05) is 13.8 Å². The van der Waals surface area contributed by atoms with Gasteiger partial charge in [0.1, 0.15) is 0 Å². The molecule has 2 aromatic rings. The zero-order chi connectivity index (χ0) is 8.10. The summed E-state index contributed by atoms with van der Waals surface area (Å²) in [6.07, 6.45) is 5.34. The second-order valence-electron chi connectivity index (χ2n) is 1.75. The molecule has 2 aromatic heterocycles. The van der Waals surface area contributed by atoms with E-state index in [4.69, 9.17) is 0 Å². The molecule has 0 spiro atoms. The van der Waals surface area contributed by atoms with E-state index in [-0.39, 0.29) is 0 Å². The molecule has 0 atom stereocenters. The standard InChI is InChI=1S/C6H5N3.C2H6/c1-3-7-6-2-4-8-9(6)5-1;1-2/h1-5H;1-2H3. The van der Waals surface area contributed by atoms with Crippen molar-refractivity contribution >= 4 is 5.65 Å². The van der Waals surface area contributed by atoms with Crippen LogP contribution < -0.4 is 0 Å². The molecule has 3 nitrogen and oxygen atoms in total. The molecule has 2 heterocycles. The molecule has 0 fully saturated rings. The summed E-state index contributed by atoms with van der Waals surface area (Å²) < 4.78 is 1.72. The zero-order valence-corrected chi connectivity index (χ0v) is 6.73. The fourth-order valence-corrected chi connectivity index (χ4v) is 0.764. The van der Waals surface area contributed by atoms with Crippen LogP contribution in [0.1, 0.15) is 13.8 Å². The number of rotatable bonds is 0. The number of fused-ring (bicyclic) bond motifs is 1. The molecule has 0 N–H and O–H groups in total. The average Bonchev–Trinajstić information content (AvgIpc) is 2.55. The Bertz CT molecular complexity index is 283. The Hall–Kier alpha value is -1.38. The number of hydrogen-bond donors (Lipinski definition) is 0. The minimum Gasteiger partial charge on any atom is -0.237 e. The SMILES string of the molecule is CC.c1cnc2ccnn2c1. The van der Waals surface area contributed by atoms with Crippen LogP contribution in [0, 0.1) is 0 Å². The Morgan fingerprint density at radius 3 is 2.82 bits per heavy atom. The molecule has 0 saturated carbocycles. The van der Waals surface area contributed by atoms with E-state index < -0.39 is 0 Å². The topological polar surface area (TPSA) is 30.2 Å². The van der Waals surface area contributed by atoms with E-state index in [2.05, 4.69) is 10.1 Å². The van der Waals surface area contributed by atoms with Crippen molar-refractivity contribution in [3.8, 4) is 0 Å². The first kappa shape index (κ1) is 7.72. The first-order valence-corrected chi connectivity index (χ1v) is 3.71. The fourth-order valence-electron chi connectivity index (χ4n) is 0.764. The maximum absolute atomic E-state index is 4.04. The number of hydrogen-bond acceptors (Lipinski definition) is 2. The summed E-state index contributed by atoms with van der Waals surface area (Å²) >= 11 is 0. The molecule has 0 aromatic carbocycles. The first-order valence-electron chi connectivity index (χ1n) is 3.71. The van der Waals surface area contributed by atoms with Crippen LogP contribution in [0.5, 0.6) is 0 Å². The third-order valence-corrected chi connectivity index (χ3v) is 1.17. The van der Waals surface area contributed by atoms with E-state index in [0.29, 0.717) is 0 Å². The Morgan fingerprint density at radius 1 is 1.27 bits per heavy atom. The molecule has 2 rings (SSSR count). The smallest absolute Gasteiger partial charge is 0.154 e. The number of nitrogens with zero attached hydrogens (tertiary/aromatic N) is 3. The Morgan fingerprint density at radius 2 is 2.09 bits per heavy atom. The van der Waals surface area contributed by atoms with Crippen LogP contribution in [0.3, 0.4) is 0 Å². The van der Waals surface area contributed by atoms with E-state index in [0.717, 1.165) is 5.65 Å². The first-order chi connectivity index (χ1) is 5.47. The lowest BCUT2D eigenvalue weighted by Gasteiger charge is -1.85. The van der Waals surface area contributed by atoms with Gasteiger partial charge in [0, 0.05) is 18.5 Å². The monoisotopic (exact) mass is 149 g/mol. The lowest BCUT2D eigenvalue weighted by molar-refractivity contribution is 0.939. The van der Waals surface area contributed by atoms with Gasteiger partial charge in [0.25, 0.3) is 0 Å². The van der Waals surface area contributed by atoms with Crippen molar-refractivity contribution in [1.29, 1.82) is 0 Å². The van der Waals surface area contributed by atoms with Crippen LogP contribution >= 0.6 is 0 Å². The van der Waals surface area contributed by atoms with Gasteiger partial charge in [-0.15, -0.1) is 0 Å². The van der Waals surface area contributed by atoms with Crippen molar-refractivity contribution in [1.82, 2.24) is 14.6 Å². The molecule has 0 radical (unpaired) electrons. The van der Waals surface area contributed by atoms with Gasteiger partial charge in [-0.05, 0) is 6.07 Å². The fraction of sp³-hybridized carbons (Fsp3) is 0.250. The van der Waals surface area contributed by atoms with Gasteiger partial charge in [0.05, 0.1) is 6.20 Å². The van der Waals surface area contributed by atoms with Crippen LogP contribution in [0.15, 0.2) is 30.7 Å². The van der Waals surface area contributed by atoms with Crippen molar-refractivity contribution in [2.45, 2.75) is 13.8 Å². The quantitative estimate of drug-likeness (QED) is 0.571. The molecule has 0 bridgehead atoms. The van der Waals surface area contributed by atoms with Crippen LogP contribution in [-0.4, -0.2) is 14.6 Å². The van der Waals surface area contributed by atoms with E-state index in [1.165, 1.54) is 0 Å². The highest BCUT2D eigenvalue weighted by Gasteiger charge is 1.86. The summed E-state index contributed by atoms with van der Waals surface area (Å²) in [5.74, 6) is 0. The Labute approximate surface area is 65.7 Å². The second-order valence-corrected chi connectivity index (χ2v) is 1.75. The summed E-state index contributed by atoms with van der Waals surface area (Å²) in [7, 11) is 0. The Kier molecular flexibility index (Phi) is 2.60. The maximum Gasteiger partial charge on any atom is 0.154 e. The van der Waals surface area contributed by atoms with Gasteiger partial charge in [0.2, 0.25) is 0 Å². The number of aromatic nitrogens is 3. The summed E-state index contributed by atoms with van der Waals surface area (Å²) in [6, 6.07) is 3.71. The highest BCUT2D eigenvalue weighted by molar-refractivity contribution is 5.33. The van der Waals surface area contributed by atoms with Crippen molar-refractivity contribution in [2.24, 2.45) is 0 Å². The van der Waals surface area contributed by atoms with E-state index in [1.807, 2.05) is 32.2 Å². The minimum absolute atomic E-state index is 0.887. The molecular formula is C8H11N3. The molecule has 58 valence electrons. The highest BCUT2D eigenvalue weighted by atomic mass is 15.2. The third-order valence-electron chi connectivity index (χ3n) is 1.17. The molecule has 11 heavy (non-hydrogen) atoms. The predicted molar refractivity (Wildman–Crippen MR) is 44.3 cm³/mol. The maximum atomic E-state index is 4.04. The van der Waals surface area contributed by atoms with Crippen molar-refractivity contribution in [3.63, 3.8) is 0 Å². The van der Waals surface area contributed by atoms with Crippen molar-refractivity contribution in [3.05, 3.63) is 30.7 Å². The van der Waals surface area contributed by atoms with Gasteiger partial charge in [0.15, 0.2) is 5.65 Å². The predicted octanol–water partition coefficient (Wildman–Crippen LogP) is 1.76. The van der Waals surface area contributed by atoms with Gasteiger partial charge in [-0.25, -0.2) is 9.50 Å². The second kappa shape index (κ2) is 3.71. The highest BCUT2D eigenvalue weighted by Crippen LogP contribution is 1.93. The molecule has 3 heteroatoms.